The molecule has 0 N–H and O–H groups in total. The summed E-state index contributed by atoms with van der Waals surface area (Å²) in [6, 6.07) is 4.61. The largest absolute Gasteiger partial charge is 0.496 e. The number of carbonyl (C=O) groups is 2. The number of nitrogens with zero attached hydrogens (tertiary/aromatic N) is 2. The van der Waals surface area contributed by atoms with Crippen LogP contribution in [0.15, 0.2) is 18.2 Å². The molecule has 2 saturated heterocycles. The average molecular weight is 325 g/mol. The summed E-state index contributed by atoms with van der Waals surface area (Å²) in [5, 5.41) is 0.598. The molecule has 22 heavy (non-hydrogen) atoms. The number of ether oxygens (including phenoxy) is 2. The Labute approximate surface area is 133 Å². The topological polar surface area (TPSA) is 59.1 Å². The highest BCUT2D eigenvalue weighted by Gasteiger charge is 2.46. The van der Waals surface area contributed by atoms with Gasteiger partial charge in [0.15, 0.2) is 0 Å². The number of rotatable bonds is 4. The van der Waals surface area contributed by atoms with Crippen LogP contribution in [0.4, 0.5) is 4.79 Å². The highest BCUT2D eigenvalue weighted by Crippen LogP contribution is 2.25. The van der Waals surface area contributed by atoms with Gasteiger partial charge in [-0.2, -0.15) is 0 Å². The van der Waals surface area contributed by atoms with E-state index in [1.165, 1.54) is 4.90 Å². The number of amides is 3. The van der Waals surface area contributed by atoms with Crippen molar-refractivity contribution in [2.75, 3.05) is 33.4 Å². The number of methoxy groups -OCH3 is 1. The van der Waals surface area contributed by atoms with Crippen LogP contribution in [0.5, 0.6) is 5.75 Å². The first-order chi connectivity index (χ1) is 10.6. The first-order valence-corrected chi connectivity index (χ1v) is 7.51. The van der Waals surface area contributed by atoms with E-state index in [0.29, 0.717) is 36.9 Å². The molecule has 0 spiro atoms. The molecule has 1 atom stereocenters. The van der Waals surface area contributed by atoms with Crippen molar-refractivity contribution in [2.45, 2.75) is 12.5 Å². The fourth-order valence-corrected chi connectivity index (χ4v) is 3.04. The van der Waals surface area contributed by atoms with E-state index in [-0.39, 0.29) is 18.5 Å². The van der Waals surface area contributed by atoms with Gasteiger partial charge in [-0.15, -0.1) is 0 Å². The van der Waals surface area contributed by atoms with Crippen LogP contribution >= 0.6 is 11.6 Å². The third kappa shape index (κ3) is 2.64. The van der Waals surface area contributed by atoms with Crippen LogP contribution in [0.25, 0.3) is 0 Å². The van der Waals surface area contributed by atoms with Crippen LogP contribution in [0, 0.1) is 0 Å². The van der Waals surface area contributed by atoms with E-state index in [1.807, 2.05) is 0 Å². The number of hydrogen-bond acceptors (Lipinski definition) is 4. The Morgan fingerprint density at radius 2 is 2.23 bits per heavy atom. The van der Waals surface area contributed by atoms with Gasteiger partial charge >= 0.3 is 6.03 Å². The highest BCUT2D eigenvalue weighted by molar-refractivity contribution is 6.30. The summed E-state index contributed by atoms with van der Waals surface area (Å²) >= 11 is 6.00. The monoisotopic (exact) mass is 324 g/mol. The molecule has 3 amide bonds. The van der Waals surface area contributed by atoms with Crippen molar-refractivity contribution in [3.8, 4) is 5.75 Å². The Balaban J connectivity index is 1.72. The van der Waals surface area contributed by atoms with E-state index in [1.54, 1.807) is 30.2 Å². The van der Waals surface area contributed by atoms with Gasteiger partial charge < -0.3 is 14.4 Å². The highest BCUT2D eigenvalue weighted by atomic mass is 35.5. The third-order valence-corrected chi connectivity index (χ3v) is 4.24. The van der Waals surface area contributed by atoms with Crippen LogP contribution in [-0.4, -0.2) is 61.2 Å². The second-order valence-electron chi connectivity index (χ2n) is 5.26. The molecule has 7 heteroatoms. The van der Waals surface area contributed by atoms with Crippen LogP contribution in [-0.2, 0) is 16.0 Å². The summed E-state index contributed by atoms with van der Waals surface area (Å²) in [7, 11) is 1.58. The van der Waals surface area contributed by atoms with Gasteiger partial charge in [-0.3, -0.25) is 9.69 Å². The Kier molecular flexibility index (Phi) is 4.22. The van der Waals surface area contributed by atoms with Gasteiger partial charge in [0.25, 0.3) is 5.91 Å². The molecular formula is C15H17ClN2O4. The molecule has 2 aliphatic heterocycles. The fraction of sp³-hybridized carbons (Fsp3) is 0.467. The number of morpholine rings is 1. The van der Waals surface area contributed by atoms with E-state index in [0.717, 1.165) is 5.56 Å². The van der Waals surface area contributed by atoms with Crippen molar-refractivity contribution in [3.63, 3.8) is 0 Å². The third-order valence-electron chi connectivity index (χ3n) is 4.00. The molecule has 1 aromatic carbocycles. The maximum absolute atomic E-state index is 12.3. The summed E-state index contributed by atoms with van der Waals surface area (Å²) < 4.78 is 10.6. The second kappa shape index (κ2) is 6.14. The molecule has 0 unspecified atom stereocenters. The molecular weight excluding hydrogens is 308 g/mol. The summed E-state index contributed by atoms with van der Waals surface area (Å²) in [5.41, 5.74) is 0.872. The zero-order valence-electron chi connectivity index (χ0n) is 12.3. The first kappa shape index (κ1) is 15.1. The molecule has 2 fully saturated rings. The fourth-order valence-electron chi connectivity index (χ4n) is 2.85. The lowest BCUT2D eigenvalue weighted by Gasteiger charge is -2.26. The Morgan fingerprint density at radius 3 is 2.95 bits per heavy atom. The standard InChI is InChI=1S/C15H17ClN2O4/c1-21-13-3-2-11(16)8-10(13)4-5-18-14(19)12-9-22-7-6-17(12)15(18)20/h2-3,8,12H,4-7,9H2,1H3/t12-/m0/s1. The lowest BCUT2D eigenvalue weighted by Crippen LogP contribution is -2.45. The molecule has 2 aliphatic rings. The molecule has 0 bridgehead atoms. The van der Waals surface area contributed by atoms with Crippen molar-refractivity contribution in [1.29, 1.82) is 0 Å². The van der Waals surface area contributed by atoms with Gasteiger partial charge in [0.05, 0.1) is 20.3 Å². The predicted octanol–water partition coefficient (Wildman–Crippen LogP) is 1.55. The second-order valence-corrected chi connectivity index (χ2v) is 5.70. The van der Waals surface area contributed by atoms with Gasteiger partial charge in [-0.1, -0.05) is 11.6 Å². The maximum Gasteiger partial charge on any atom is 0.327 e. The number of fused-ring (bicyclic) bond motifs is 1. The predicted molar refractivity (Wildman–Crippen MR) is 80.1 cm³/mol. The van der Waals surface area contributed by atoms with Gasteiger partial charge in [0, 0.05) is 18.1 Å². The molecule has 0 aromatic heterocycles. The Hall–Kier alpha value is -1.79. The summed E-state index contributed by atoms with van der Waals surface area (Å²) in [6.07, 6.45) is 0.503. The van der Waals surface area contributed by atoms with Crippen molar-refractivity contribution < 1.29 is 19.1 Å². The van der Waals surface area contributed by atoms with Crippen LogP contribution < -0.4 is 4.74 Å². The van der Waals surface area contributed by atoms with Crippen LogP contribution in [0.3, 0.4) is 0 Å². The molecule has 0 saturated carbocycles. The van der Waals surface area contributed by atoms with Crippen LogP contribution in [0.1, 0.15) is 5.56 Å². The van der Waals surface area contributed by atoms with Crippen molar-refractivity contribution >= 4 is 23.5 Å². The van der Waals surface area contributed by atoms with E-state index < -0.39 is 6.04 Å². The Morgan fingerprint density at radius 1 is 1.41 bits per heavy atom. The molecule has 2 heterocycles. The van der Waals surface area contributed by atoms with Crippen molar-refractivity contribution in [3.05, 3.63) is 28.8 Å². The Bertz CT molecular complexity index is 583. The number of hydrogen-bond donors (Lipinski definition) is 0. The zero-order chi connectivity index (χ0) is 15.7. The van der Waals surface area contributed by atoms with E-state index in [4.69, 9.17) is 21.1 Å². The number of benzene rings is 1. The molecule has 118 valence electrons. The van der Waals surface area contributed by atoms with Crippen LogP contribution in [0.2, 0.25) is 5.02 Å². The van der Waals surface area contributed by atoms with Gasteiger partial charge in [0.1, 0.15) is 11.8 Å². The lowest BCUT2D eigenvalue weighted by molar-refractivity contribution is -0.131. The van der Waals surface area contributed by atoms with E-state index >= 15 is 0 Å². The normalized spacial score (nSPS) is 21.3. The lowest BCUT2D eigenvalue weighted by atomic mass is 10.1. The minimum Gasteiger partial charge on any atom is -0.496 e. The summed E-state index contributed by atoms with van der Waals surface area (Å²) in [6.45, 7) is 1.53. The number of carbonyl (C=O) groups excluding carboxylic acids is 2. The number of urea groups is 1. The van der Waals surface area contributed by atoms with Crippen molar-refractivity contribution in [1.82, 2.24) is 9.80 Å². The molecule has 1 aromatic rings. The van der Waals surface area contributed by atoms with Crippen molar-refractivity contribution in [2.24, 2.45) is 0 Å². The minimum absolute atomic E-state index is 0.189. The molecule has 0 radical (unpaired) electrons. The van der Waals surface area contributed by atoms with Gasteiger partial charge in [-0.05, 0) is 30.2 Å². The smallest absolute Gasteiger partial charge is 0.327 e. The zero-order valence-corrected chi connectivity index (χ0v) is 13.0. The number of imide groups is 1. The quantitative estimate of drug-likeness (QED) is 0.789. The summed E-state index contributed by atoms with van der Waals surface area (Å²) in [5.74, 6) is 0.509. The molecule has 0 aliphatic carbocycles. The number of halogens is 1. The minimum atomic E-state index is -0.470. The van der Waals surface area contributed by atoms with Gasteiger partial charge in [0.2, 0.25) is 0 Å². The molecule has 6 nitrogen and oxygen atoms in total. The average Bonchev–Trinajstić information content (AvgIpc) is 2.77. The van der Waals surface area contributed by atoms with E-state index in [2.05, 4.69) is 0 Å². The van der Waals surface area contributed by atoms with E-state index in [9.17, 15) is 9.59 Å². The first-order valence-electron chi connectivity index (χ1n) is 7.14. The maximum atomic E-state index is 12.3. The molecule has 3 rings (SSSR count). The SMILES string of the molecule is COc1ccc(Cl)cc1CCN1C(=O)[C@@H]2COCCN2C1=O. The summed E-state index contributed by atoms with van der Waals surface area (Å²) in [4.78, 5) is 27.5. The van der Waals surface area contributed by atoms with Gasteiger partial charge in [-0.25, -0.2) is 4.79 Å².